The summed E-state index contributed by atoms with van der Waals surface area (Å²) in [5, 5.41) is 19.9. The van der Waals surface area contributed by atoms with E-state index in [1.807, 2.05) is 54.6 Å². The Bertz CT molecular complexity index is 1330. The van der Waals surface area contributed by atoms with Crippen LogP contribution in [0.25, 0.3) is 11.1 Å². The molecule has 3 N–H and O–H groups in total. The lowest BCUT2D eigenvalue weighted by Gasteiger charge is -2.36. The van der Waals surface area contributed by atoms with Crippen LogP contribution in [0.4, 0.5) is 0 Å². The number of nitrogens with zero attached hydrogens (tertiary/aromatic N) is 2. The number of thioether (sulfide) groups is 1. The van der Waals surface area contributed by atoms with Crippen molar-refractivity contribution in [2.45, 2.75) is 50.2 Å². The van der Waals surface area contributed by atoms with Crippen molar-refractivity contribution in [3.63, 3.8) is 0 Å². The van der Waals surface area contributed by atoms with Crippen LogP contribution in [0.5, 0.6) is 0 Å². The van der Waals surface area contributed by atoms with E-state index >= 15 is 0 Å². The number of aliphatic hydroxyl groups excluding tert-OH is 1. The van der Waals surface area contributed by atoms with Crippen LogP contribution < -0.4 is 5.32 Å². The van der Waals surface area contributed by atoms with Gasteiger partial charge < -0.3 is 19.9 Å². The number of hydrogen-bond acceptors (Lipinski definition) is 7. The molecule has 0 aliphatic carbocycles. The van der Waals surface area contributed by atoms with Crippen LogP contribution in [-0.2, 0) is 27.4 Å². The summed E-state index contributed by atoms with van der Waals surface area (Å²) in [6.07, 6.45) is 1.45. The van der Waals surface area contributed by atoms with E-state index in [4.69, 9.17) is 9.47 Å². The molecule has 5 rings (SSSR count). The summed E-state index contributed by atoms with van der Waals surface area (Å²) >= 11 is 1.57. The van der Waals surface area contributed by atoms with Crippen LogP contribution in [0.3, 0.4) is 0 Å². The van der Waals surface area contributed by atoms with E-state index in [-0.39, 0.29) is 24.7 Å². The number of ether oxygens (including phenoxy) is 2. The van der Waals surface area contributed by atoms with Gasteiger partial charge in [0, 0.05) is 31.2 Å². The summed E-state index contributed by atoms with van der Waals surface area (Å²) in [7, 11) is 0. The number of hydrogen-bond donors (Lipinski definition) is 3. The monoisotopic (exact) mass is 530 g/mol. The largest absolute Gasteiger partial charge is 0.392 e. The van der Waals surface area contributed by atoms with Gasteiger partial charge >= 0.3 is 0 Å². The Hall–Kier alpha value is -3.50. The summed E-state index contributed by atoms with van der Waals surface area (Å²) in [6, 6.07) is 24.1. The highest BCUT2D eigenvalue weighted by Crippen LogP contribution is 2.39. The molecule has 1 aromatic heterocycles. The zero-order valence-corrected chi connectivity index (χ0v) is 21.9. The van der Waals surface area contributed by atoms with E-state index in [1.165, 1.54) is 13.3 Å². The Balaban J connectivity index is 1.36. The molecule has 0 bridgehead atoms. The molecular formula is C29H30N4O4S. The van der Waals surface area contributed by atoms with Crippen LogP contribution in [-0.4, -0.2) is 38.1 Å². The first-order chi connectivity index (χ1) is 18.6. The Morgan fingerprint density at radius 2 is 1.82 bits per heavy atom. The summed E-state index contributed by atoms with van der Waals surface area (Å²) in [6.45, 7) is 2.00. The van der Waals surface area contributed by atoms with Crippen LogP contribution in [0.15, 0.2) is 84.3 Å². The fourth-order valence-corrected chi connectivity index (χ4v) is 5.25. The van der Waals surface area contributed by atoms with E-state index in [9.17, 15) is 9.90 Å². The van der Waals surface area contributed by atoms with Crippen molar-refractivity contribution >= 4 is 17.7 Å². The van der Waals surface area contributed by atoms with Crippen LogP contribution in [0.1, 0.15) is 48.0 Å². The second-order valence-electron chi connectivity index (χ2n) is 9.14. The first-order valence-corrected chi connectivity index (χ1v) is 13.5. The zero-order chi connectivity index (χ0) is 26.3. The topological polar surface area (TPSA) is 109 Å². The smallest absolute Gasteiger partial charge is 0.217 e. The number of carbonyl (C=O) groups excluding carboxylic acids is 1. The number of amides is 1. The Kier molecular flexibility index (Phi) is 8.50. The van der Waals surface area contributed by atoms with Crippen molar-refractivity contribution in [3.05, 3.63) is 101 Å². The number of benzene rings is 3. The average molecular weight is 531 g/mol. The summed E-state index contributed by atoms with van der Waals surface area (Å²) in [4.78, 5) is 15.6. The molecule has 1 aliphatic rings. The number of aliphatic hydroxyl groups is 1. The minimum atomic E-state index is -0.532. The first-order valence-electron chi connectivity index (χ1n) is 12.5. The molecule has 8 nitrogen and oxygen atoms in total. The fourth-order valence-electron chi connectivity index (χ4n) is 4.45. The molecule has 3 unspecified atom stereocenters. The van der Waals surface area contributed by atoms with Gasteiger partial charge in [-0.25, -0.2) is 4.98 Å². The highest BCUT2D eigenvalue weighted by Gasteiger charge is 2.32. The molecule has 3 aromatic carbocycles. The third kappa shape index (κ3) is 6.49. The maximum Gasteiger partial charge on any atom is 0.217 e. The number of aromatic nitrogens is 3. The summed E-state index contributed by atoms with van der Waals surface area (Å²) in [5.74, 6) is 0.646. The lowest BCUT2D eigenvalue weighted by Crippen LogP contribution is -2.31. The van der Waals surface area contributed by atoms with Crippen LogP contribution in [0, 0.1) is 0 Å². The number of nitrogens with one attached hydrogen (secondary N) is 2. The minimum Gasteiger partial charge on any atom is -0.392 e. The van der Waals surface area contributed by atoms with Gasteiger partial charge in [0.2, 0.25) is 5.91 Å². The lowest BCUT2D eigenvalue weighted by atomic mass is 9.98. The van der Waals surface area contributed by atoms with Gasteiger partial charge in [-0.2, -0.15) is 5.10 Å². The molecule has 196 valence electrons. The van der Waals surface area contributed by atoms with Crippen molar-refractivity contribution in [2.24, 2.45) is 0 Å². The second-order valence-corrected chi connectivity index (χ2v) is 10.1. The molecule has 0 radical (unpaired) electrons. The second kappa shape index (κ2) is 12.4. The van der Waals surface area contributed by atoms with Crippen molar-refractivity contribution in [3.8, 4) is 11.1 Å². The molecule has 0 saturated carbocycles. The van der Waals surface area contributed by atoms with Crippen LogP contribution in [0.2, 0.25) is 0 Å². The summed E-state index contributed by atoms with van der Waals surface area (Å²) in [5.41, 5.74) is 6.02. The van der Waals surface area contributed by atoms with Gasteiger partial charge in [0.05, 0.1) is 18.8 Å². The molecule has 4 aromatic rings. The summed E-state index contributed by atoms with van der Waals surface area (Å²) < 4.78 is 12.9. The lowest BCUT2D eigenvalue weighted by molar-refractivity contribution is -0.245. The normalized spacial score (nSPS) is 19.3. The molecule has 1 aliphatic heterocycles. The Morgan fingerprint density at radius 1 is 1.05 bits per heavy atom. The van der Waals surface area contributed by atoms with Crippen molar-refractivity contribution in [1.29, 1.82) is 0 Å². The van der Waals surface area contributed by atoms with Gasteiger partial charge in [-0.15, -0.1) is 0 Å². The van der Waals surface area contributed by atoms with E-state index < -0.39 is 6.29 Å². The van der Waals surface area contributed by atoms with E-state index in [0.29, 0.717) is 18.7 Å². The third-order valence-electron chi connectivity index (χ3n) is 6.45. The number of carbonyl (C=O) groups is 1. The predicted molar refractivity (Wildman–Crippen MR) is 145 cm³/mol. The molecular weight excluding hydrogens is 500 g/mol. The fraction of sp³-hybridized carbons (Fsp3) is 0.276. The van der Waals surface area contributed by atoms with Gasteiger partial charge in [0.1, 0.15) is 6.33 Å². The van der Waals surface area contributed by atoms with Gasteiger partial charge in [-0.3, -0.25) is 9.89 Å². The number of H-pyrrole nitrogens is 1. The predicted octanol–water partition coefficient (Wildman–Crippen LogP) is 4.94. The van der Waals surface area contributed by atoms with Gasteiger partial charge in [-0.1, -0.05) is 84.6 Å². The average Bonchev–Trinajstić information content (AvgIpc) is 3.49. The maximum atomic E-state index is 11.4. The molecule has 1 saturated heterocycles. The maximum absolute atomic E-state index is 11.4. The van der Waals surface area contributed by atoms with Crippen molar-refractivity contribution in [1.82, 2.24) is 20.5 Å². The number of aromatic amines is 1. The molecule has 2 heterocycles. The molecule has 3 atom stereocenters. The Morgan fingerprint density at radius 3 is 2.53 bits per heavy atom. The van der Waals surface area contributed by atoms with E-state index in [2.05, 4.69) is 38.7 Å². The van der Waals surface area contributed by atoms with Crippen molar-refractivity contribution in [2.75, 3.05) is 5.75 Å². The standard InChI is InChI=1S/C29H30N4O4S/c1-19(35)30-15-24-4-2-3-5-26(24)21-10-12-23(13-11-21)28-36-25(17-38-29-31-18-32-33-29)14-27(37-28)22-8-6-20(16-34)7-9-22/h2-13,18,25,27-28,34H,14-17H2,1H3,(H,30,35)(H,31,32,33). The molecule has 38 heavy (non-hydrogen) atoms. The molecule has 1 amide bonds. The van der Waals surface area contributed by atoms with E-state index in [0.717, 1.165) is 38.5 Å². The van der Waals surface area contributed by atoms with Crippen molar-refractivity contribution < 1.29 is 19.4 Å². The Labute approximate surface area is 225 Å². The zero-order valence-electron chi connectivity index (χ0n) is 21.0. The third-order valence-corrected chi connectivity index (χ3v) is 7.46. The quantitative estimate of drug-likeness (QED) is 0.263. The molecule has 0 spiro atoms. The van der Waals surface area contributed by atoms with E-state index in [1.54, 1.807) is 11.8 Å². The SMILES string of the molecule is CC(=O)NCc1ccccc1-c1ccc(C2OC(CSc3ncn[nH]3)CC(c3ccc(CO)cc3)O2)cc1. The van der Waals surface area contributed by atoms with Crippen LogP contribution >= 0.6 is 11.8 Å². The van der Waals surface area contributed by atoms with Gasteiger partial charge in [-0.05, 0) is 27.8 Å². The highest BCUT2D eigenvalue weighted by molar-refractivity contribution is 7.99. The van der Waals surface area contributed by atoms with Gasteiger partial charge in [0.25, 0.3) is 0 Å². The molecule has 9 heteroatoms. The minimum absolute atomic E-state index is 0.00821. The number of rotatable bonds is 9. The highest BCUT2D eigenvalue weighted by atomic mass is 32.2. The molecule has 1 fully saturated rings. The first kappa shape index (κ1) is 26.1. The van der Waals surface area contributed by atoms with Gasteiger partial charge in [0.15, 0.2) is 11.4 Å².